The fourth-order valence-electron chi connectivity index (χ4n) is 2.45. The maximum absolute atomic E-state index is 11.9. The van der Waals surface area contributed by atoms with Crippen LogP contribution < -0.4 is 10.6 Å². The number of benzene rings is 1. The van der Waals surface area contributed by atoms with Crippen LogP contribution in [0.2, 0.25) is 5.02 Å². The minimum Gasteiger partial charge on any atom is -0.372 e. The molecule has 5 nitrogen and oxygen atoms in total. The van der Waals surface area contributed by atoms with E-state index in [-0.39, 0.29) is 24.6 Å². The molecule has 1 saturated heterocycles. The summed E-state index contributed by atoms with van der Waals surface area (Å²) in [7, 11) is 0. The molecule has 1 aromatic carbocycles. The van der Waals surface area contributed by atoms with Gasteiger partial charge in [-0.05, 0) is 24.1 Å². The minimum atomic E-state index is -0.100. The fraction of sp³-hybridized carbons (Fsp3) is 0.333. The molecule has 2 aromatic rings. The zero-order valence-corrected chi connectivity index (χ0v) is 13.4. The lowest BCUT2D eigenvalue weighted by atomic mass is 10.0. The SMILES string of the molecule is O=C(CN[C@H]1CCO[C@H]1c1ccc(Cl)cc1)Nc1nccs1. The molecule has 116 valence electrons. The summed E-state index contributed by atoms with van der Waals surface area (Å²) >= 11 is 7.31. The fourth-order valence-corrected chi connectivity index (χ4v) is 3.12. The van der Waals surface area contributed by atoms with Gasteiger partial charge in [-0.2, -0.15) is 0 Å². The third-order valence-electron chi connectivity index (χ3n) is 3.49. The summed E-state index contributed by atoms with van der Waals surface area (Å²) in [5.74, 6) is -0.100. The summed E-state index contributed by atoms with van der Waals surface area (Å²) in [6, 6.07) is 7.74. The van der Waals surface area contributed by atoms with Crippen molar-refractivity contribution in [1.29, 1.82) is 0 Å². The van der Waals surface area contributed by atoms with E-state index in [2.05, 4.69) is 15.6 Å². The summed E-state index contributed by atoms with van der Waals surface area (Å²) in [5, 5.41) is 9.16. The highest BCUT2D eigenvalue weighted by Crippen LogP contribution is 2.29. The zero-order valence-electron chi connectivity index (χ0n) is 11.8. The predicted molar refractivity (Wildman–Crippen MR) is 87.3 cm³/mol. The summed E-state index contributed by atoms with van der Waals surface area (Å²) in [6.07, 6.45) is 2.48. The smallest absolute Gasteiger partial charge is 0.240 e. The summed E-state index contributed by atoms with van der Waals surface area (Å²) in [4.78, 5) is 15.9. The van der Waals surface area contributed by atoms with Crippen molar-refractivity contribution in [2.75, 3.05) is 18.5 Å². The largest absolute Gasteiger partial charge is 0.372 e. The summed E-state index contributed by atoms with van der Waals surface area (Å²) in [6.45, 7) is 0.913. The van der Waals surface area contributed by atoms with Crippen LogP contribution in [-0.4, -0.2) is 30.1 Å². The molecule has 2 atom stereocenters. The van der Waals surface area contributed by atoms with Gasteiger partial charge in [0.05, 0.1) is 12.6 Å². The Morgan fingerprint density at radius 3 is 2.95 bits per heavy atom. The van der Waals surface area contributed by atoms with E-state index in [0.29, 0.717) is 16.8 Å². The highest BCUT2D eigenvalue weighted by molar-refractivity contribution is 7.13. The number of hydrogen-bond donors (Lipinski definition) is 2. The number of amides is 1. The number of carbonyl (C=O) groups excluding carboxylic acids is 1. The summed E-state index contributed by atoms with van der Waals surface area (Å²) < 4.78 is 5.78. The van der Waals surface area contributed by atoms with E-state index in [1.54, 1.807) is 6.20 Å². The lowest BCUT2D eigenvalue weighted by Gasteiger charge is -2.20. The molecular formula is C15H16ClN3O2S. The number of halogens is 1. The first-order valence-electron chi connectivity index (χ1n) is 7.02. The van der Waals surface area contributed by atoms with E-state index in [0.717, 1.165) is 12.0 Å². The third-order valence-corrected chi connectivity index (χ3v) is 4.43. The Hall–Kier alpha value is -1.47. The van der Waals surface area contributed by atoms with Gasteiger partial charge < -0.3 is 15.4 Å². The monoisotopic (exact) mass is 337 g/mol. The minimum absolute atomic E-state index is 0.0510. The molecule has 2 N–H and O–H groups in total. The maximum atomic E-state index is 11.9. The quantitative estimate of drug-likeness (QED) is 0.880. The molecule has 0 unspecified atom stereocenters. The van der Waals surface area contributed by atoms with E-state index in [1.807, 2.05) is 29.6 Å². The Kier molecular flexibility index (Phi) is 5.04. The van der Waals surface area contributed by atoms with E-state index < -0.39 is 0 Å². The van der Waals surface area contributed by atoms with Gasteiger partial charge in [0.2, 0.25) is 5.91 Å². The topological polar surface area (TPSA) is 63.2 Å². The Labute approximate surface area is 137 Å². The number of nitrogens with one attached hydrogen (secondary N) is 2. The molecule has 2 heterocycles. The van der Waals surface area contributed by atoms with Gasteiger partial charge in [-0.1, -0.05) is 23.7 Å². The van der Waals surface area contributed by atoms with Gasteiger partial charge in [-0.15, -0.1) is 11.3 Å². The van der Waals surface area contributed by atoms with Gasteiger partial charge in [-0.25, -0.2) is 4.98 Å². The first-order valence-corrected chi connectivity index (χ1v) is 8.28. The number of hydrogen-bond acceptors (Lipinski definition) is 5. The van der Waals surface area contributed by atoms with Crippen LogP contribution in [0.5, 0.6) is 0 Å². The highest BCUT2D eigenvalue weighted by atomic mass is 35.5. The van der Waals surface area contributed by atoms with Crippen LogP contribution in [0.3, 0.4) is 0 Å². The Morgan fingerprint density at radius 1 is 1.41 bits per heavy atom. The lowest BCUT2D eigenvalue weighted by molar-refractivity contribution is -0.115. The Morgan fingerprint density at radius 2 is 2.23 bits per heavy atom. The molecule has 0 radical (unpaired) electrons. The molecule has 1 fully saturated rings. The normalized spacial score (nSPS) is 21.0. The van der Waals surface area contributed by atoms with Gasteiger partial charge >= 0.3 is 0 Å². The first kappa shape index (κ1) is 15.4. The van der Waals surface area contributed by atoms with E-state index in [9.17, 15) is 4.79 Å². The number of carbonyl (C=O) groups is 1. The van der Waals surface area contributed by atoms with Crippen LogP contribution in [0, 0.1) is 0 Å². The van der Waals surface area contributed by atoms with Gasteiger partial charge in [0.25, 0.3) is 0 Å². The average molecular weight is 338 g/mol. The van der Waals surface area contributed by atoms with Gasteiger partial charge in [0, 0.05) is 29.2 Å². The van der Waals surface area contributed by atoms with Gasteiger partial charge in [-0.3, -0.25) is 4.79 Å². The third kappa shape index (κ3) is 3.84. The number of aromatic nitrogens is 1. The summed E-state index contributed by atoms with van der Waals surface area (Å²) in [5.41, 5.74) is 1.07. The van der Waals surface area contributed by atoms with Gasteiger partial charge in [0.15, 0.2) is 5.13 Å². The van der Waals surface area contributed by atoms with E-state index in [4.69, 9.17) is 16.3 Å². The number of thiazole rings is 1. The van der Waals surface area contributed by atoms with Crippen molar-refractivity contribution < 1.29 is 9.53 Å². The van der Waals surface area contributed by atoms with E-state index in [1.165, 1.54) is 11.3 Å². The molecule has 1 aliphatic rings. The lowest BCUT2D eigenvalue weighted by Crippen LogP contribution is -2.37. The number of ether oxygens (including phenoxy) is 1. The van der Waals surface area contributed by atoms with Crippen LogP contribution in [-0.2, 0) is 9.53 Å². The molecule has 7 heteroatoms. The number of nitrogens with zero attached hydrogens (tertiary/aromatic N) is 1. The molecule has 22 heavy (non-hydrogen) atoms. The van der Waals surface area contributed by atoms with Crippen LogP contribution in [0.25, 0.3) is 0 Å². The second-order valence-electron chi connectivity index (χ2n) is 5.00. The van der Waals surface area contributed by atoms with Crippen LogP contribution in [0.4, 0.5) is 5.13 Å². The molecule has 1 aliphatic heterocycles. The van der Waals surface area contributed by atoms with Crippen molar-refractivity contribution in [3.63, 3.8) is 0 Å². The Balaban J connectivity index is 1.55. The molecule has 3 rings (SSSR count). The van der Waals surface area contributed by atoms with Crippen molar-refractivity contribution in [2.45, 2.75) is 18.6 Å². The molecule has 0 aliphatic carbocycles. The second-order valence-corrected chi connectivity index (χ2v) is 6.34. The molecule has 0 saturated carbocycles. The molecular weight excluding hydrogens is 322 g/mol. The van der Waals surface area contributed by atoms with Gasteiger partial charge in [0.1, 0.15) is 0 Å². The maximum Gasteiger partial charge on any atom is 0.240 e. The molecule has 1 aromatic heterocycles. The number of anilines is 1. The second kappa shape index (κ2) is 7.19. The standard InChI is InChI=1S/C15H16ClN3O2S/c16-11-3-1-10(2-4-11)14-12(5-7-21-14)18-9-13(20)19-15-17-6-8-22-15/h1-4,6,8,12,14,18H,5,7,9H2,(H,17,19,20)/t12-,14-/m0/s1. The zero-order chi connectivity index (χ0) is 15.4. The van der Waals surface area contributed by atoms with Crippen molar-refractivity contribution in [3.8, 4) is 0 Å². The average Bonchev–Trinajstić information content (AvgIpc) is 3.17. The predicted octanol–water partition coefficient (Wildman–Crippen LogP) is 2.85. The van der Waals surface area contributed by atoms with Crippen molar-refractivity contribution >= 4 is 34.0 Å². The number of rotatable bonds is 5. The molecule has 0 spiro atoms. The van der Waals surface area contributed by atoms with Crippen molar-refractivity contribution in [3.05, 3.63) is 46.4 Å². The van der Waals surface area contributed by atoms with Crippen molar-refractivity contribution in [1.82, 2.24) is 10.3 Å². The van der Waals surface area contributed by atoms with Crippen LogP contribution >= 0.6 is 22.9 Å². The van der Waals surface area contributed by atoms with Crippen LogP contribution in [0.15, 0.2) is 35.8 Å². The first-order chi connectivity index (χ1) is 10.7. The Bertz CT molecular complexity index is 618. The molecule has 1 amide bonds. The highest BCUT2D eigenvalue weighted by Gasteiger charge is 2.29. The van der Waals surface area contributed by atoms with Crippen LogP contribution in [0.1, 0.15) is 18.1 Å². The van der Waals surface area contributed by atoms with Crippen molar-refractivity contribution in [2.24, 2.45) is 0 Å². The van der Waals surface area contributed by atoms with E-state index >= 15 is 0 Å². The molecule has 0 bridgehead atoms.